The number of hydrogen-bond donors (Lipinski definition) is 1. The zero-order valence-corrected chi connectivity index (χ0v) is 13.6. The van der Waals surface area contributed by atoms with Gasteiger partial charge >= 0.3 is 0 Å². The molecule has 2 rings (SSSR count). The fraction of sp³-hybridized carbons (Fsp3) is 0.647. The highest BCUT2D eigenvalue weighted by atomic mass is 16.5. The molecule has 0 spiro atoms. The Morgan fingerprint density at radius 1 is 1.24 bits per heavy atom. The lowest BCUT2D eigenvalue weighted by molar-refractivity contribution is 0.188. The van der Waals surface area contributed by atoms with Gasteiger partial charge in [0.2, 0.25) is 0 Å². The van der Waals surface area contributed by atoms with Crippen LogP contribution < -0.4 is 10.5 Å². The lowest BCUT2D eigenvalue weighted by atomic mass is 9.99. The molecule has 0 amide bonds. The number of benzene rings is 1. The Morgan fingerprint density at radius 2 is 1.86 bits per heavy atom. The Balaban J connectivity index is 1.98. The molecule has 1 aromatic rings. The minimum absolute atomic E-state index is 0.0990. The van der Waals surface area contributed by atoms with E-state index in [1.54, 1.807) is 7.11 Å². The first-order chi connectivity index (χ1) is 10.1. The van der Waals surface area contributed by atoms with Crippen LogP contribution in [0.15, 0.2) is 24.3 Å². The molecule has 1 aliphatic rings. The molecule has 2 N–H and O–H groups in total. The Kier molecular flexibility index (Phi) is 6.03. The van der Waals surface area contributed by atoms with Crippen molar-refractivity contribution in [3.63, 3.8) is 0 Å². The molecule has 0 aliphatic carbocycles. The second-order valence-electron chi connectivity index (χ2n) is 6.11. The maximum atomic E-state index is 6.24. The van der Waals surface area contributed by atoms with Gasteiger partial charge < -0.3 is 15.4 Å². The number of nitrogens with two attached hydrogens (primary N) is 1. The Morgan fingerprint density at radius 3 is 2.38 bits per heavy atom. The van der Waals surface area contributed by atoms with Crippen LogP contribution in [0, 0.1) is 0 Å². The van der Waals surface area contributed by atoms with Crippen molar-refractivity contribution in [1.82, 2.24) is 9.80 Å². The van der Waals surface area contributed by atoms with Crippen LogP contribution >= 0.6 is 0 Å². The minimum atomic E-state index is 0.0990. The van der Waals surface area contributed by atoms with E-state index >= 15 is 0 Å². The fourth-order valence-electron chi connectivity index (χ4n) is 3.21. The van der Waals surface area contributed by atoms with Crippen LogP contribution in [-0.4, -0.2) is 56.2 Å². The van der Waals surface area contributed by atoms with Crippen LogP contribution in [-0.2, 0) is 0 Å². The monoisotopic (exact) mass is 291 g/mol. The molecule has 0 radical (unpaired) electrons. The summed E-state index contributed by atoms with van der Waals surface area (Å²) in [5.41, 5.74) is 7.50. The van der Waals surface area contributed by atoms with Gasteiger partial charge in [-0.15, -0.1) is 0 Å². The van der Waals surface area contributed by atoms with E-state index in [2.05, 4.69) is 35.9 Å². The predicted molar refractivity (Wildman–Crippen MR) is 87.7 cm³/mol. The van der Waals surface area contributed by atoms with Crippen LogP contribution in [0.3, 0.4) is 0 Å². The van der Waals surface area contributed by atoms with Crippen molar-refractivity contribution in [1.29, 1.82) is 0 Å². The Bertz CT molecular complexity index is 413. The zero-order chi connectivity index (χ0) is 15.2. The third-order valence-corrected chi connectivity index (χ3v) is 4.40. The average Bonchev–Trinajstić information content (AvgIpc) is 2.99. The molecular weight excluding hydrogens is 262 g/mol. The molecule has 1 aliphatic heterocycles. The van der Waals surface area contributed by atoms with E-state index in [1.807, 2.05) is 12.1 Å². The van der Waals surface area contributed by atoms with Crippen molar-refractivity contribution in [2.75, 3.05) is 40.3 Å². The molecule has 1 saturated heterocycles. The minimum Gasteiger partial charge on any atom is -0.497 e. The number of likely N-dealkylation sites (N-methyl/N-ethyl adjacent to an activating group) is 1. The third kappa shape index (κ3) is 4.43. The number of rotatable bonds is 7. The van der Waals surface area contributed by atoms with Gasteiger partial charge in [-0.25, -0.2) is 0 Å². The van der Waals surface area contributed by atoms with Gasteiger partial charge in [-0.1, -0.05) is 12.1 Å². The zero-order valence-electron chi connectivity index (χ0n) is 13.6. The van der Waals surface area contributed by atoms with Gasteiger partial charge in [0, 0.05) is 25.2 Å². The SMILES string of the molecule is COc1ccc(C(C(C)N)N(C)CCN2CCCC2)cc1. The Hall–Kier alpha value is -1.10. The molecular formula is C17H29N3O. The summed E-state index contributed by atoms with van der Waals surface area (Å²) < 4.78 is 5.23. The maximum Gasteiger partial charge on any atom is 0.118 e. The third-order valence-electron chi connectivity index (χ3n) is 4.40. The molecule has 2 unspecified atom stereocenters. The van der Waals surface area contributed by atoms with Crippen molar-refractivity contribution in [2.24, 2.45) is 5.73 Å². The summed E-state index contributed by atoms with van der Waals surface area (Å²) in [6.07, 6.45) is 2.69. The van der Waals surface area contributed by atoms with Crippen molar-refractivity contribution in [3.8, 4) is 5.75 Å². The van der Waals surface area contributed by atoms with Crippen LogP contribution in [0.1, 0.15) is 31.4 Å². The summed E-state index contributed by atoms with van der Waals surface area (Å²) in [5.74, 6) is 0.891. The van der Waals surface area contributed by atoms with E-state index in [-0.39, 0.29) is 12.1 Å². The normalized spacial score (nSPS) is 18.9. The van der Waals surface area contributed by atoms with E-state index in [4.69, 9.17) is 10.5 Å². The van der Waals surface area contributed by atoms with E-state index in [0.29, 0.717) is 0 Å². The van der Waals surface area contributed by atoms with Crippen LogP contribution in [0.2, 0.25) is 0 Å². The topological polar surface area (TPSA) is 41.7 Å². The number of nitrogens with zero attached hydrogens (tertiary/aromatic N) is 2. The smallest absolute Gasteiger partial charge is 0.118 e. The summed E-state index contributed by atoms with van der Waals surface area (Å²) in [6, 6.07) is 8.62. The first-order valence-electron chi connectivity index (χ1n) is 7.94. The first kappa shape index (κ1) is 16.3. The standard InChI is InChI=1S/C17H29N3O/c1-14(18)17(15-6-8-16(21-3)9-7-15)19(2)12-13-20-10-4-5-11-20/h6-9,14,17H,4-5,10-13,18H2,1-3H3. The Labute approximate surface area is 128 Å². The summed E-state index contributed by atoms with van der Waals surface area (Å²) in [5, 5.41) is 0. The highest BCUT2D eigenvalue weighted by Crippen LogP contribution is 2.24. The van der Waals surface area contributed by atoms with Crippen LogP contribution in [0.5, 0.6) is 5.75 Å². The lowest BCUT2D eigenvalue weighted by Gasteiger charge is -2.32. The van der Waals surface area contributed by atoms with Gasteiger partial charge in [0.15, 0.2) is 0 Å². The molecule has 0 aromatic heterocycles. The fourth-order valence-corrected chi connectivity index (χ4v) is 3.21. The summed E-state index contributed by atoms with van der Waals surface area (Å²) in [4.78, 5) is 4.92. The number of ether oxygens (including phenoxy) is 1. The number of methoxy groups -OCH3 is 1. The summed E-state index contributed by atoms with van der Waals surface area (Å²) in [6.45, 7) is 6.77. The predicted octanol–water partition coefficient (Wildman–Crippen LogP) is 2.11. The molecule has 0 saturated carbocycles. The molecule has 21 heavy (non-hydrogen) atoms. The summed E-state index contributed by atoms with van der Waals surface area (Å²) in [7, 11) is 3.87. The highest BCUT2D eigenvalue weighted by molar-refractivity contribution is 5.29. The largest absolute Gasteiger partial charge is 0.497 e. The van der Waals surface area contributed by atoms with Crippen molar-refractivity contribution in [3.05, 3.63) is 29.8 Å². The first-order valence-corrected chi connectivity index (χ1v) is 7.94. The second kappa shape index (κ2) is 7.78. The van der Waals surface area contributed by atoms with Gasteiger partial charge in [0.1, 0.15) is 5.75 Å². The summed E-state index contributed by atoms with van der Waals surface area (Å²) >= 11 is 0. The van der Waals surface area contributed by atoms with Gasteiger partial charge in [-0.2, -0.15) is 0 Å². The van der Waals surface area contributed by atoms with Crippen LogP contribution in [0.4, 0.5) is 0 Å². The van der Waals surface area contributed by atoms with E-state index in [0.717, 1.165) is 18.8 Å². The average molecular weight is 291 g/mol. The van der Waals surface area contributed by atoms with Crippen molar-refractivity contribution in [2.45, 2.75) is 31.8 Å². The maximum absolute atomic E-state index is 6.24. The molecule has 2 atom stereocenters. The number of likely N-dealkylation sites (tertiary alicyclic amines) is 1. The highest BCUT2D eigenvalue weighted by Gasteiger charge is 2.22. The van der Waals surface area contributed by atoms with Crippen molar-refractivity contribution >= 4 is 0 Å². The molecule has 1 heterocycles. The lowest BCUT2D eigenvalue weighted by Crippen LogP contribution is -2.40. The van der Waals surface area contributed by atoms with E-state index in [9.17, 15) is 0 Å². The van der Waals surface area contributed by atoms with Crippen LogP contribution in [0.25, 0.3) is 0 Å². The van der Waals surface area contributed by atoms with E-state index < -0.39 is 0 Å². The molecule has 118 valence electrons. The number of hydrogen-bond acceptors (Lipinski definition) is 4. The molecule has 1 aromatic carbocycles. The molecule has 4 heteroatoms. The van der Waals surface area contributed by atoms with Gasteiger partial charge in [0.25, 0.3) is 0 Å². The van der Waals surface area contributed by atoms with Gasteiger partial charge in [-0.3, -0.25) is 4.90 Å². The molecule has 1 fully saturated rings. The van der Waals surface area contributed by atoms with Gasteiger partial charge in [0.05, 0.1) is 7.11 Å². The second-order valence-corrected chi connectivity index (χ2v) is 6.11. The molecule has 4 nitrogen and oxygen atoms in total. The van der Waals surface area contributed by atoms with E-state index in [1.165, 1.54) is 31.5 Å². The molecule has 0 bridgehead atoms. The van der Waals surface area contributed by atoms with Crippen molar-refractivity contribution < 1.29 is 4.74 Å². The van der Waals surface area contributed by atoms with Gasteiger partial charge in [-0.05, 0) is 57.6 Å². The quantitative estimate of drug-likeness (QED) is 0.835.